The second kappa shape index (κ2) is 7.14. The molecule has 0 aliphatic heterocycles. The summed E-state index contributed by atoms with van der Waals surface area (Å²) in [4.78, 5) is 0. The number of hydrogen-bond donors (Lipinski definition) is 2. The van der Waals surface area contributed by atoms with E-state index in [0.717, 1.165) is 0 Å². The highest BCUT2D eigenvalue weighted by Gasteiger charge is 1.84. The summed E-state index contributed by atoms with van der Waals surface area (Å²) in [6.45, 7) is 0. The Balaban J connectivity index is -0.0000000267. The Kier molecular flexibility index (Phi) is 21.6. The normalized spacial score (nSPS) is 7.25. The molecular formula is H8O6S2. The van der Waals surface area contributed by atoms with E-state index in [1.54, 1.807) is 0 Å². The Labute approximate surface area is 53.2 Å². The second-order valence-electron chi connectivity index (χ2n) is 0.448. The summed E-state index contributed by atoms with van der Waals surface area (Å²) in [5, 5.41) is 0. The van der Waals surface area contributed by atoms with Gasteiger partial charge in [0.2, 0.25) is 0 Å². The van der Waals surface area contributed by atoms with Gasteiger partial charge >= 0.3 is 10.4 Å². The first-order chi connectivity index (χ1) is 2.00. The van der Waals surface area contributed by atoms with Crippen molar-refractivity contribution < 1.29 is 28.5 Å². The molecule has 0 amide bonds. The van der Waals surface area contributed by atoms with E-state index in [1.165, 1.54) is 0 Å². The third kappa shape index (κ3) is 8280. The lowest BCUT2D eigenvalue weighted by atomic mass is 15.8. The van der Waals surface area contributed by atoms with Gasteiger partial charge in [-0.25, -0.2) is 0 Å². The predicted molar refractivity (Wildman–Crippen MR) is 31.8 cm³/mol. The van der Waals surface area contributed by atoms with Crippen LogP contribution in [0.5, 0.6) is 0 Å². The molecule has 0 heterocycles. The summed E-state index contributed by atoms with van der Waals surface area (Å²) in [7, 11) is -4.67. The quantitative estimate of drug-likeness (QED) is 0.396. The average molecular weight is 168 g/mol. The predicted octanol–water partition coefficient (Wildman–Crippen LogP) is -2.19. The lowest BCUT2D eigenvalue weighted by molar-refractivity contribution is 0.381. The summed E-state index contributed by atoms with van der Waals surface area (Å²) in [5.41, 5.74) is 0. The van der Waals surface area contributed by atoms with Crippen LogP contribution in [0.15, 0.2) is 0 Å². The zero-order chi connectivity index (χ0) is 4.50. The van der Waals surface area contributed by atoms with Gasteiger partial charge in [-0.2, -0.15) is 21.9 Å². The highest BCUT2D eigenvalue weighted by Crippen LogP contribution is 1.59. The van der Waals surface area contributed by atoms with E-state index >= 15 is 0 Å². The molecule has 0 saturated carbocycles. The van der Waals surface area contributed by atoms with Crippen molar-refractivity contribution in [2.75, 3.05) is 0 Å². The van der Waals surface area contributed by atoms with Crippen LogP contribution in [0.25, 0.3) is 0 Å². The van der Waals surface area contributed by atoms with Gasteiger partial charge in [0.25, 0.3) is 0 Å². The van der Waals surface area contributed by atoms with Crippen LogP contribution >= 0.6 is 13.5 Å². The van der Waals surface area contributed by atoms with Gasteiger partial charge in [-0.15, -0.1) is 0 Å². The van der Waals surface area contributed by atoms with E-state index in [1.807, 2.05) is 0 Å². The first kappa shape index (κ1) is 24.2. The van der Waals surface area contributed by atoms with Gasteiger partial charge in [-0.1, -0.05) is 0 Å². The van der Waals surface area contributed by atoms with E-state index < -0.39 is 10.4 Å². The smallest absolute Gasteiger partial charge is 0.394 e. The molecule has 6 nitrogen and oxygen atoms in total. The van der Waals surface area contributed by atoms with Crippen molar-refractivity contribution >= 4 is 23.9 Å². The highest BCUT2D eigenvalue weighted by molar-refractivity contribution is 7.79. The number of hydrogen-bond acceptors (Lipinski definition) is 2. The molecule has 0 aromatic rings. The Hall–Kier alpha value is 0.140. The Morgan fingerprint density at radius 1 is 1.00 bits per heavy atom. The summed E-state index contributed by atoms with van der Waals surface area (Å²) in [6.07, 6.45) is 0. The third-order valence-electron chi connectivity index (χ3n) is 0. The van der Waals surface area contributed by atoms with E-state index in [2.05, 4.69) is 0 Å². The van der Waals surface area contributed by atoms with E-state index in [4.69, 9.17) is 17.5 Å². The summed E-state index contributed by atoms with van der Waals surface area (Å²) in [6, 6.07) is 0. The molecule has 0 spiro atoms. The molecule has 0 rings (SSSR count). The summed E-state index contributed by atoms with van der Waals surface area (Å²) >= 11 is 0. The van der Waals surface area contributed by atoms with Crippen LogP contribution < -0.4 is 0 Å². The first-order valence-electron chi connectivity index (χ1n) is 0.698. The molecule has 0 saturated heterocycles. The monoisotopic (exact) mass is 168 g/mol. The molecule has 0 radical (unpaired) electrons. The topological polar surface area (TPSA) is 138 Å². The lowest BCUT2D eigenvalue weighted by Gasteiger charge is -1.68. The van der Waals surface area contributed by atoms with Crippen LogP contribution in [0.1, 0.15) is 0 Å². The average Bonchev–Trinajstić information content (AvgIpc) is 0.722. The molecular weight excluding hydrogens is 160 g/mol. The molecule has 0 aliphatic carbocycles. The van der Waals surface area contributed by atoms with Crippen LogP contribution in [0.4, 0.5) is 0 Å². The highest BCUT2D eigenvalue weighted by atomic mass is 32.3. The van der Waals surface area contributed by atoms with Crippen LogP contribution in [0.3, 0.4) is 0 Å². The van der Waals surface area contributed by atoms with Crippen LogP contribution in [-0.4, -0.2) is 28.5 Å². The van der Waals surface area contributed by atoms with Crippen molar-refractivity contribution in [2.24, 2.45) is 0 Å². The molecule has 0 bridgehead atoms. The molecule has 0 atom stereocenters. The fraction of sp³-hybridized carbons (Fsp3) is 0. The van der Waals surface area contributed by atoms with Crippen molar-refractivity contribution in [2.45, 2.75) is 0 Å². The zero-order valence-electron chi connectivity index (χ0n) is 3.62. The van der Waals surface area contributed by atoms with Gasteiger partial charge in [0.15, 0.2) is 0 Å². The molecule has 8 heavy (non-hydrogen) atoms. The molecule has 0 fully saturated rings. The standard InChI is InChI=1S/H2O4S.2H2O.H2S/c1-5(2,3)4;;;/h(H2,1,2,3,4);3*1H2. The minimum absolute atomic E-state index is 0. The van der Waals surface area contributed by atoms with Gasteiger partial charge in [0, 0.05) is 0 Å². The van der Waals surface area contributed by atoms with Gasteiger partial charge in [-0.05, 0) is 0 Å². The zero-order valence-corrected chi connectivity index (χ0v) is 5.44. The molecule has 8 heteroatoms. The van der Waals surface area contributed by atoms with E-state index in [0.29, 0.717) is 0 Å². The minimum Gasteiger partial charge on any atom is -0.412 e. The SMILES string of the molecule is O.O.O=S(=O)(O)O.S. The van der Waals surface area contributed by atoms with Crippen molar-refractivity contribution in [1.82, 2.24) is 0 Å². The Morgan fingerprint density at radius 2 is 1.00 bits per heavy atom. The maximum atomic E-state index is 8.74. The van der Waals surface area contributed by atoms with Crippen molar-refractivity contribution in [3.05, 3.63) is 0 Å². The second-order valence-corrected chi connectivity index (χ2v) is 1.34. The minimum atomic E-state index is -4.67. The van der Waals surface area contributed by atoms with Crippen LogP contribution in [0, 0.1) is 0 Å². The Bertz CT molecular complexity index is 89.7. The molecule has 0 aromatic carbocycles. The molecule has 6 N–H and O–H groups in total. The van der Waals surface area contributed by atoms with Crippen LogP contribution in [-0.2, 0) is 10.4 Å². The van der Waals surface area contributed by atoms with Crippen LogP contribution in [0.2, 0.25) is 0 Å². The molecule has 0 aliphatic rings. The fourth-order valence-corrected chi connectivity index (χ4v) is 0. The molecule has 0 unspecified atom stereocenters. The summed E-state index contributed by atoms with van der Waals surface area (Å²) < 4.78 is 31.6. The Morgan fingerprint density at radius 3 is 1.00 bits per heavy atom. The van der Waals surface area contributed by atoms with E-state index in [-0.39, 0.29) is 24.4 Å². The van der Waals surface area contributed by atoms with E-state index in [9.17, 15) is 0 Å². The third-order valence-corrected chi connectivity index (χ3v) is 0. The lowest BCUT2D eigenvalue weighted by Crippen LogP contribution is -1.89. The van der Waals surface area contributed by atoms with Gasteiger partial charge in [-0.3, -0.25) is 9.11 Å². The molecule has 0 aromatic heterocycles. The summed E-state index contributed by atoms with van der Waals surface area (Å²) in [5.74, 6) is 0. The molecule has 56 valence electrons. The van der Waals surface area contributed by atoms with Crippen molar-refractivity contribution in [1.29, 1.82) is 0 Å². The maximum absolute atomic E-state index is 8.74. The van der Waals surface area contributed by atoms with Gasteiger partial charge in [0.05, 0.1) is 0 Å². The van der Waals surface area contributed by atoms with Gasteiger partial charge in [0.1, 0.15) is 0 Å². The largest absolute Gasteiger partial charge is 0.412 e. The number of rotatable bonds is 0. The maximum Gasteiger partial charge on any atom is 0.394 e. The van der Waals surface area contributed by atoms with Gasteiger partial charge < -0.3 is 11.0 Å². The van der Waals surface area contributed by atoms with Crippen molar-refractivity contribution in [3.63, 3.8) is 0 Å². The first-order valence-corrected chi connectivity index (χ1v) is 2.10. The fourth-order valence-electron chi connectivity index (χ4n) is 0. The van der Waals surface area contributed by atoms with Crippen molar-refractivity contribution in [3.8, 4) is 0 Å².